The van der Waals surface area contributed by atoms with Crippen LogP contribution in [0, 0.1) is 0 Å². The van der Waals surface area contributed by atoms with Crippen molar-refractivity contribution in [1.29, 1.82) is 0 Å². The summed E-state index contributed by atoms with van der Waals surface area (Å²) in [6.07, 6.45) is 0.468. The number of ether oxygens (including phenoxy) is 2. The number of nitrogens with zero attached hydrogens (tertiary/aromatic N) is 1. The van der Waals surface area contributed by atoms with E-state index in [0.717, 1.165) is 38.4 Å². The lowest BCUT2D eigenvalue weighted by molar-refractivity contribution is -0.907. The number of rotatable bonds is 3. The number of hydrogen-bond acceptors (Lipinski definition) is 4. The van der Waals surface area contributed by atoms with Gasteiger partial charge in [0.05, 0.1) is 32.9 Å². The minimum atomic E-state index is -0.966. The van der Waals surface area contributed by atoms with Crippen molar-refractivity contribution in [2.45, 2.75) is 12.0 Å². The molecular formula is C17H22N3O4+. The van der Waals surface area contributed by atoms with Gasteiger partial charge in [0.1, 0.15) is 18.8 Å². The van der Waals surface area contributed by atoms with Gasteiger partial charge < -0.3 is 19.7 Å². The lowest BCUT2D eigenvalue weighted by atomic mass is 9.84. The van der Waals surface area contributed by atoms with E-state index in [1.54, 1.807) is 0 Å². The molecular weight excluding hydrogens is 310 g/mol. The number of urea groups is 1. The van der Waals surface area contributed by atoms with Crippen molar-refractivity contribution in [3.8, 4) is 5.75 Å². The SMILES string of the molecule is O=C1N[C@]2(CCOc3ccccc32)C(=O)N1CC[NH+]1CCOCC1. The number of fused-ring (bicyclic) bond motifs is 2. The van der Waals surface area contributed by atoms with Crippen molar-refractivity contribution in [2.24, 2.45) is 0 Å². The third-order valence-corrected chi connectivity index (χ3v) is 5.15. The van der Waals surface area contributed by atoms with Crippen LogP contribution in [0.4, 0.5) is 4.79 Å². The zero-order valence-electron chi connectivity index (χ0n) is 13.5. The predicted molar refractivity (Wildman–Crippen MR) is 84.9 cm³/mol. The number of nitrogens with one attached hydrogen (secondary N) is 2. The van der Waals surface area contributed by atoms with E-state index < -0.39 is 5.54 Å². The smallest absolute Gasteiger partial charge is 0.325 e. The van der Waals surface area contributed by atoms with Crippen LogP contribution in [0.2, 0.25) is 0 Å². The standard InChI is InChI=1S/C17H21N3O4/c21-15-17(5-10-24-14-4-2-1-3-13(14)17)18-16(22)20(15)7-6-19-8-11-23-12-9-19/h1-4H,5-12H2,(H,18,22)/p+1/t17-/m0/s1. The van der Waals surface area contributed by atoms with Crippen LogP contribution in [0.5, 0.6) is 5.75 Å². The Hall–Kier alpha value is -2.12. The second-order valence-electron chi connectivity index (χ2n) is 6.50. The summed E-state index contributed by atoms with van der Waals surface area (Å²) in [5, 5.41) is 2.94. The Morgan fingerprint density at radius 3 is 2.79 bits per heavy atom. The summed E-state index contributed by atoms with van der Waals surface area (Å²) >= 11 is 0. The Balaban J connectivity index is 1.53. The molecule has 1 aromatic rings. The van der Waals surface area contributed by atoms with E-state index in [0.29, 0.717) is 25.3 Å². The van der Waals surface area contributed by atoms with Gasteiger partial charge in [0.15, 0.2) is 5.54 Å². The highest BCUT2D eigenvalue weighted by Gasteiger charge is 2.54. The first-order chi connectivity index (χ1) is 11.7. The van der Waals surface area contributed by atoms with Gasteiger partial charge in [0.25, 0.3) is 5.91 Å². The summed E-state index contributed by atoms with van der Waals surface area (Å²) in [5.41, 5.74) is -0.206. The maximum absolute atomic E-state index is 13.1. The molecule has 0 unspecified atom stereocenters. The van der Waals surface area contributed by atoms with Gasteiger partial charge in [-0.3, -0.25) is 9.69 Å². The Labute approximate surface area is 140 Å². The van der Waals surface area contributed by atoms with E-state index in [1.807, 2.05) is 24.3 Å². The van der Waals surface area contributed by atoms with Crippen molar-refractivity contribution in [2.75, 3.05) is 46.0 Å². The molecule has 128 valence electrons. The molecule has 7 nitrogen and oxygen atoms in total. The van der Waals surface area contributed by atoms with E-state index in [1.165, 1.54) is 9.80 Å². The number of carbonyl (C=O) groups is 2. The Morgan fingerprint density at radius 2 is 1.96 bits per heavy atom. The maximum Gasteiger partial charge on any atom is 0.325 e. The van der Waals surface area contributed by atoms with Crippen LogP contribution in [0.3, 0.4) is 0 Å². The molecule has 1 atom stereocenters. The number of morpholine rings is 1. The van der Waals surface area contributed by atoms with Crippen molar-refractivity contribution >= 4 is 11.9 Å². The van der Waals surface area contributed by atoms with Crippen molar-refractivity contribution in [3.05, 3.63) is 29.8 Å². The van der Waals surface area contributed by atoms with Crippen LogP contribution >= 0.6 is 0 Å². The molecule has 0 aromatic heterocycles. The molecule has 0 radical (unpaired) electrons. The summed E-state index contributed by atoms with van der Waals surface area (Å²) in [6.45, 7) is 4.94. The number of para-hydroxylation sites is 1. The minimum Gasteiger partial charge on any atom is -0.493 e. The third-order valence-electron chi connectivity index (χ3n) is 5.15. The molecule has 0 bridgehead atoms. The zero-order valence-corrected chi connectivity index (χ0v) is 13.5. The molecule has 3 aliphatic heterocycles. The summed E-state index contributed by atoms with van der Waals surface area (Å²) < 4.78 is 11.0. The monoisotopic (exact) mass is 332 g/mol. The molecule has 1 aromatic carbocycles. The molecule has 1 spiro atoms. The van der Waals surface area contributed by atoms with E-state index in [2.05, 4.69) is 5.32 Å². The number of imide groups is 1. The molecule has 4 rings (SSSR count). The number of hydrogen-bond donors (Lipinski definition) is 2. The normalized spacial score (nSPS) is 27.1. The molecule has 2 saturated heterocycles. The highest BCUT2D eigenvalue weighted by atomic mass is 16.5. The van der Waals surface area contributed by atoms with E-state index >= 15 is 0 Å². The van der Waals surface area contributed by atoms with Gasteiger partial charge in [0, 0.05) is 12.0 Å². The molecule has 3 heterocycles. The molecule has 2 fully saturated rings. The lowest BCUT2D eigenvalue weighted by Crippen LogP contribution is -3.14. The summed E-state index contributed by atoms with van der Waals surface area (Å²) in [5.74, 6) is 0.522. The van der Waals surface area contributed by atoms with Crippen LogP contribution in [0.1, 0.15) is 12.0 Å². The van der Waals surface area contributed by atoms with Crippen molar-refractivity contribution in [1.82, 2.24) is 10.2 Å². The van der Waals surface area contributed by atoms with Gasteiger partial charge >= 0.3 is 6.03 Å². The second-order valence-corrected chi connectivity index (χ2v) is 6.50. The number of carbonyl (C=O) groups excluding carboxylic acids is 2. The third kappa shape index (κ3) is 2.44. The number of amides is 3. The van der Waals surface area contributed by atoms with Crippen LogP contribution in [0.15, 0.2) is 24.3 Å². The summed E-state index contributed by atoms with van der Waals surface area (Å²) in [6, 6.07) is 7.15. The largest absolute Gasteiger partial charge is 0.493 e. The van der Waals surface area contributed by atoms with Crippen molar-refractivity contribution < 1.29 is 24.0 Å². The molecule has 3 aliphatic rings. The van der Waals surface area contributed by atoms with Crippen LogP contribution < -0.4 is 15.0 Å². The average molecular weight is 332 g/mol. The van der Waals surface area contributed by atoms with Crippen LogP contribution in [-0.4, -0.2) is 62.8 Å². The van der Waals surface area contributed by atoms with Gasteiger partial charge in [-0.1, -0.05) is 18.2 Å². The fraction of sp³-hybridized carbons (Fsp3) is 0.529. The van der Waals surface area contributed by atoms with Crippen LogP contribution in [-0.2, 0) is 15.1 Å². The zero-order chi connectivity index (χ0) is 16.6. The Morgan fingerprint density at radius 1 is 1.17 bits per heavy atom. The highest BCUT2D eigenvalue weighted by Crippen LogP contribution is 2.40. The Kier molecular flexibility index (Phi) is 3.90. The maximum atomic E-state index is 13.1. The molecule has 7 heteroatoms. The van der Waals surface area contributed by atoms with Gasteiger partial charge in [-0.15, -0.1) is 0 Å². The lowest BCUT2D eigenvalue weighted by Gasteiger charge is -2.33. The first-order valence-corrected chi connectivity index (χ1v) is 8.48. The summed E-state index contributed by atoms with van der Waals surface area (Å²) in [7, 11) is 0. The fourth-order valence-corrected chi connectivity index (χ4v) is 3.75. The molecule has 2 N–H and O–H groups in total. The van der Waals surface area contributed by atoms with Gasteiger partial charge in [-0.05, 0) is 6.07 Å². The molecule has 0 saturated carbocycles. The average Bonchev–Trinajstić information content (AvgIpc) is 2.85. The predicted octanol–water partition coefficient (Wildman–Crippen LogP) is -0.869. The van der Waals surface area contributed by atoms with Gasteiger partial charge in [-0.25, -0.2) is 4.79 Å². The van der Waals surface area contributed by atoms with Gasteiger partial charge in [0.2, 0.25) is 0 Å². The minimum absolute atomic E-state index is 0.157. The van der Waals surface area contributed by atoms with Crippen molar-refractivity contribution in [3.63, 3.8) is 0 Å². The molecule has 3 amide bonds. The summed E-state index contributed by atoms with van der Waals surface area (Å²) in [4.78, 5) is 28.3. The first-order valence-electron chi connectivity index (χ1n) is 8.48. The van der Waals surface area contributed by atoms with E-state index in [4.69, 9.17) is 9.47 Å². The first kappa shape index (κ1) is 15.4. The quantitative estimate of drug-likeness (QED) is 0.706. The second kappa shape index (κ2) is 6.07. The number of quaternary nitrogens is 1. The van der Waals surface area contributed by atoms with Crippen LogP contribution in [0.25, 0.3) is 0 Å². The highest BCUT2D eigenvalue weighted by molar-refractivity contribution is 6.07. The van der Waals surface area contributed by atoms with E-state index in [-0.39, 0.29) is 11.9 Å². The fourth-order valence-electron chi connectivity index (χ4n) is 3.75. The number of benzene rings is 1. The molecule has 0 aliphatic carbocycles. The van der Waals surface area contributed by atoms with Gasteiger partial charge in [-0.2, -0.15) is 0 Å². The van der Waals surface area contributed by atoms with E-state index in [9.17, 15) is 9.59 Å². The topological polar surface area (TPSA) is 72.3 Å². The molecule has 24 heavy (non-hydrogen) atoms. The Bertz CT molecular complexity index is 659.